The number of carbonyl (C=O) groups excluding carboxylic acids is 3. The number of anilines is 1. The van der Waals surface area contributed by atoms with Gasteiger partial charge in [-0.05, 0) is 37.2 Å². The molecule has 2 rings (SSSR count). The number of hydrogen-bond donors (Lipinski definition) is 3. The second-order valence-corrected chi connectivity index (χ2v) is 7.70. The quantitative estimate of drug-likeness (QED) is 0.436. The van der Waals surface area contributed by atoms with Gasteiger partial charge >= 0.3 is 5.97 Å². The van der Waals surface area contributed by atoms with Crippen LogP contribution in [0.1, 0.15) is 46.1 Å². The molecule has 0 radical (unpaired) electrons. The summed E-state index contributed by atoms with van der Waals surface area (Å²) in [6.07, 6.45) is 0.568. The highest BCUT2D eigenvalue weighted by molar-refractivity contribution is 7.80. The van der Waals surface area contributed by atoms with Crippen LogP contribution in [-0.4, -0.2) is 29.5 Å². The summed E-state index contributed by atoms with van der Waals surface area (Å²) in [5.74, 6) is -1.44. The number of nitrogens with one attached hydrogen (secondary N) is 2. The molecule has 7 nitrogen and oxygen atoms in total. The Morgan fingerprint density at radius 3 is 2.48 bits per heavy atom. The molecule has 0 atom stereocenters. The molecular weight excluding hydrogens is 410 g/mol. The van der Waals surface area contributed by atoms with Crippen LogP contribution < -0.4 is 16.4 Å². The van der Waals surface area contributed by atoms with Crippen molar-refractivity contribution in [1.82, 2.24) is 5.32 Å². The fourth-order valence-corrected chi connectivity index (χ4v) is 4.20. The molecule has 0 aliphatic carbocycles. The van der Waals surface area contributed by atoms with Gasteiger partial charge in [-0.3, -0.25) is 14.4 Å². The normalized spacial score (nSPS) is 10.3. The van der Waals surface area contributed by atoms with Crippen molar-refractivity contribution in [2.75, 3.05) is 11.9 Å². The van der Waals surface area contributed by atoms with Crippen LogP contribution in [0.15, 0.2) is 30.3 Å². The third-order valence-corrected chi connectivity index (χ3v) is 5.45. The molecule has 1 heterocycles. The molecule has 1 aromatic heterocycles. The third kappa shape index (κ3) is 6.65. The summed E-state index contributed by atoms with van der Waals surface area (Å²) >= 11 is 6.53. The van der Waals surface area contributed by atoms with E-state index in [2.05, 4.69) is 10.6 Å². The Morgan fingerprint density at radius 2 is 1.86 bits per heavy atom. The lowest BCUT2D eigenvalue weighted by atomic mass is 10.1. The van der Waals surface area contributed by atoms with E-state index in [1.807, 2.05) is 37.3 Å². The van der Waals surface area contributed by atoms with Gasteiger partial charge in [0.2, 0.25) is 5.91 Å². The predicted molar refractivity (Wildman–Crippen MR) is 117 cm³/mol. The van der Waals surface area contributed by atoms with E-state index in [-0.39, 0.29) is 24.6 Å². The number of rotatable bonds is 8. The fraction of sp³-hybridized carbons (Fsp3) is 0.300. The average molecular weight is 434 g/mol. The molecule has 2 aromatic rings. The first kappa shape index (κ1) is 22.5. The van der Waals surface area contributed by atoms with Crippen LogP contribution in [0.5, 0.6) is 0 Å². The number of ether oxygens (including phenoxy) is 1. The number of thiophene rings is 1. The molecule has 154 valence electrons. The molecule has 0 spiro atoms. The second-order valence-electron chi connectivity index (χ2n) is 6.19. The van der Waals surface area contributed by atoms with Crippen LogP contribution in [-0.2, 0) is 20.7 Å². The van der Waals surface area contributed by atoms with E-state index in [1.54, 1.807) is 6.92 Å². The van der Waals surface area contributed by atoms with Crippen molar-refractivity contribution >= 4 is 51.5 Å². The lowest BCUT2D eigenvalue weighted by molar-refractivity contribution is -0.144. The van der Waals surface area contributed by atoms with Crippen LogP contribution in [0.3, 0.4) is 0 Å². The van der Waals surface area contributed by atoms with Crippen LogP contribution in [0.2, 0.25) is 0 Å². The van der Waals surface area contributed by atoms with E-state index in [0.29, 0.717) is 17.0 Å². The predicted octanol–water partition coefficient (Wildman–Crippen LogP) is 2.90. The SMILES string of the molecule is CCOC(=O)CCC(=O)NC(=S)Nc1sc(Cc2ccccc2)c(C)c1C(N)=O. The molecule has 0 saturated heterocycles. The van der Waals surface area contributed by atoms with Gasteiger partial charge in [0.25, 0.3) is 5.91 Å². The highest BCUT2D eigenvalue weighted by Crippen LogP contribution is 2.34. The third-order valence-electron chi connectivity index (χ3n) is 4.04. The second kappa shape index (κ2) is 10.7. The molecule has 0 aliphatic rings. The first-order chi connectivity index (χ1) is 13.8. The summed E-state index contributed by atoms with van der Waals surface area (Å²) in [5, 5.41) is 5.90. The van der Waals surface area contributed by atoms with Crippen molar-refractivity contribution in [3.05, 3.63) is 51.9 Å². The molecule has 4 N–H and O–H groups in total. The molecule has 0 bridgehead atoms. The zero-order chi connectivity index (χ0) is 21.4. The van der Waals surface area contributed by atoms with E-state index in [4.69, 9.17) is 22.7 Å². The van der Waals surface area contributed by atoms with Gasteiger partial charge in [0, 0.05) is 17.7 Å². The monoisotopic (exact) mass is 433 g/mol. The molecule has 1 aromatic carbocycles. The molecule has 0 fully saturated rings. The Bertz CT molecular complexity index is 910. The maximum Gasteiger partial charge on any atom is 0.306 e. The minimum Gasteiger partial charge on any atom is -0.466 e. The highest BCUT2D eigenvalue weighted by atomic mass is 32.1. The Hall–Kier alpha value is -2.78. The van der Waals surface area contributed by atoms with E-state index in [9.17, 15) is 14.4 Å². The molecule has 2 amide bonds. The van der Waals surface area contributed by atoms with Crippen molar-refractivity contribution in [2.45, 2.75) is 33.1 Å². The van der Waals surface area contributed by atoms with Crippen LogP contribution in [0, 0.1) is 6.92 Å². The van der Waals surface area contributed by atoms with E-state index >= 15 is 0 Å². The van der Waals surface area contributed by atoms with Gasteiger partial charge in [-0.2, -0.15) is 0 Å². The number of primary amides is 1. The van der Waals surface area contributed by atoms with Crippen LogP contribution in [0.25, 0.3) is 0 Å². The van der Waals surface area contributed by atoms with E-state index in [0.717, 1.165) is 16.0 Å². The number of thiocarbonyl (C=S) groups is 1. The minimum absolute atomic E-state index is 0.0336. The smallest absolute Gasteiger partial charge is 0.306 e. The van der Waals surface area contributed by atoms with Gasteiger partial charge in [-0.25, -0.2) is 0 Å². The number of esters is 1. The maximum absolute atomic E-state index is 12.0. The van der Waals surface area contributed by atoms with Crippen molar-refractivity contribution < 1.29 is 19.1 Å². The fourth-order valence-electron chi connectivity index (χ4n) is 2.67. The number of amides is 2. The van der Waals surface area contributed by atoms with Gasteiger partial charge in [0.15, 0.2) is 5.11 Å². The Balaban J connectivity index is 2.06. The Labute approximate surface area is 178 Å². The Morgan fingerprint density at radius 1 is 1.17 bits per heavy atom. The molecule has 0 unspecified atom stereocenters. The molecular formula is C20H23N3O4S2. The summed E-state index contributed by atoms with van der Waals surface area (Å²) in [5.41, 5.74) is 7.79. The lowest BCUT2D eigenvalue weighted by Gasteiger charge is -2.09. The summed E-state index contributed by atoms with van der Waals surface area (Å²) in [6.45, 7) is 3.79. The average Bonchev–Trinajstić information content (AvgIpc) is 2.96. The van der Waals surface area contributed by atoms with Gasteiger partial charge < -0.3 is 21.1 Å². The zero-order valence-corrected chi connectivity index (χ0v) is 17.9. The maximum atomic E-state index is 12.0. The van der Waals surface area contributed by atoms with Crippen molar-refractivity contribution in [1.29, 1.82) is 0 Å². The number of carbonyl (C=O) groups is 3. The zero-order valence-electron chi connectivity index (χ0n) is 16.2. The van der Waals surface area contributed by atoms with Crippen molar-refractivity contribution in [3.8, 4) is 0 Å². The first-order valence-corrected chi connectivity index (χ1v) is 10.3. The molecule has 9 heteroatoms. The largest absolute Gasteiger partial charge is 0.466 e. The summed E-state index contributed by atoms with van der Waals surface area (Å²) < 4.78 is 4.78. The van der Waals surface area contributed by atoms with Crippen molar-refractivity contribution in [2.24, 2.45) is 5.73 Å². The van der Waals surface area contributed by atoms with Gasteiger partial charge in [0.1, 0.15) is 5.00 Å². The van der Waals surface area contributed by atoms with Gasteiger partial charge in [-0.1, -0.05) is 30.3 Å². The van der Waals surface area contributed by atoms with E-state index in [1.165, 1.54) is 11.3 Å². The van der Waals surface area contributed by atoms with Gasteiger partial charge in [0.05, 0.1) is 18.6 Å². The molecule has 0 aliphatic heterocycles. The number of hydrogen-bond acceptors (Lipinski definition) is 6. The highest BCUT2D eigenvalue weighted by Gasteiger charge is 2.20. The van der Waals surface area contributed by atoms with Gasteiger partial charge in [-0.15, -0.1) is 11.3 Å². The number of nitrogens with two attached hydrogens (primary N) is 1. The number of benzene rings is 1. The van der Waals surface area contributed by atoms with Crippen LogP contribution >= 0.6 is 23.6 Å². The summed E-state index contributed by atoms with van der Waals surface area (Å²) in [6, 6.07) is 9.85. The summed E-state index contributed by atoms with van der Waals surface area (Å²) in [4.78, 5) is 36.2. The Kier molecular flexibility index (Phi) is 8.29. The lowest BCUT2D eigenvalue weighted by Crippen LogP contribution is -2.34. The molecule has 0 saturated carbocycles. The van der Waals surface area contributed by atoms with E-state index < -0.39 is 17.8 Å². The summed E-state index contributed by atoms with van der Waals surface area (Å²) in [7, 11) is 0. The molecule has 29 heavy (non-hydrogen) atoms. The van der Waals surface area contributed by atoms with Crippen LogP contribution in [0.4, 0.5) is 5.00 Å². The standard InChI is InChI=1S/C20H23N3O4S2/c1-3-27-16(25)10-9-15(24)22-20(28)23-19-17(18(21)26)12(2)14(29-19)11-13-7-5-4-6-8-13/h4-8H,3,9-11H2,1-2H3,(H2,21,26)(H2,22,23,24,28). The first-order valence-electron chi connectivity index (χ1n) is 9.04. The van der Waals surface area contributed by atoms with Crippen molar-refractivity contribution in [3.63, 3.8) is 0 Å². The minimum atomic E-state index is -0.572. The topological polar surface area (TPSA) is 111 Å².